The second-order valence-corrected chi connectivity index (χ2v) is 10.3. The summed E-state index contributed by atoms with van der Waals surface area (Å²) in [7, 11) is 0. The average Bonchev–Trinajstić information content (AvgIpc) is 2.89. The van der Waals surface area contributed by atoms with Gasteiger partial charge in [-0.05, 0) is 23.6 Å². The molecule has 0 aliphatic rings. The normalized spacial score (nSPS) is 16.7. The van der Waals surface area contributed by atoms with E-state index in [0.717, 1.165) is 0 Å². The molecule has 0 heterocycles. The van der Waals surface area contributed by atoms with E-state index in [0.29, 0.717) is 0 Å². The van der Waals surface area contributed by atoms with E-state index in [1.54, 1.807) is 0 Å². The minimum Gasteiger partial charge on any atom is -0.388 e. The fraction of sp³-hybridized carbons (Fsp3) is 0.727. The molecule has 0 radical (unpaired) electrons. The molecule has 0 spiro atoms. The van der Waals surface area contributed by atoms with E-state index in [4.69, 9.17) is 0 Å². The van der Waals surface area contributed by atoms with Gasteiger partial charge in [0.25, 0.3) is 0 Å². The number of hydrogen-bond donors (Lipinski definition) is 1. The Morgan fingerprint density at radius 3 is 0.800 bits per heavy atom. The summed E-state index contributed by atoms with van der Waals surface area (Å²) >= 11 is 0. The van der Waals surface area contributed by atoms with Crippen molar-refractivity contribution in [2.24, 2.45) is 5.92 Å². The largest absolute Gasteiger partial charge is 0.460 e. The van der Waals surface area contributed by atoms with Crippen LogP contribution in [0.3, 0.4) is 0 Å². The summed E-state index contributed by atoms with van der Waals surface area (Å²) < 4.78 is 370. The number of benzene rings is 1. The van der Waals surface area contributed by atoms with Crippen molar-refractivity contribution in [2.75, 3.05) is 0 Å². The molecule has 1 aromatic rings. The number of rotatable bonds is 11. The lowest BCUT2D eigenvalue weighted by Gasteiger charge is -2.40. The minimum atomic E-state index is -8.44. The van der Waals surface area contributed by atoms with Crippen LogP contribution in [0.15, 0.2) is 12.1 Å². The first-order valence-corrected chi connectivity index (χ1v) is 11.8. The third kappa shape index (κ3) is 6.14. The third-order valence-corrected chi connectivity index (χ3v) is 6.58. The molecule has 1 rings (SSSR count). The third-order valence-electron chi connectivity index (χ3n) is 6.58. The molecule has 0 bridgehead atoms. The van der Waals surface area contributed by atoms with Crippen LogP contribution in [0.1, 0.15) is 42.2 Å². The molecule has 1 unspecified atom stereocenters. The first-order chi connectivity index (χ1) is 21.3. The van der Waals surface area contributed by atoms with Gasteiger partial charge in [0.2, 0.25) is 0 Å². The highest BCUT2D eigenvalue weighted by atomic mass is 19.4. The number of aliphatic hydroxyl groups is 1. The molecule has 0 aromatic heterocycles. The maximum Gasteiger partial charge on any atom is 0.460 e. The maximum absolute atomic E-state index is 15.1. The summed E-state index contributed by atoms with van der Waals surface area (Å²) in [5.41, 5.74) is -16.9. The van der Waals surface area contributed by atoms with Gasteiger partial charge in [-0.1, -0.05) is 13.8 Å². The van der Waals surface area contributed by atoms with Gasteiger partial charge in [0.05, 0.1) is 6.10 Å². The van der Waals surface area contributed by atoms with Crippen molar-refractivity contribution < 1.29 is 124 Å². The highest BCUT2D eigenvalue weighted by Gasteiger charge is 2.86. The Morgan fingerprint density at radius 1 is 0.380 bits per heavy atom. The van der Waals surface area contributed by atoms with Gasteiger partial charge in [-0.3, -0.25) is 0 Å². The predicted molar refractivity (Wildman–Crippen MR) is 106 cm³/mol. The van der Waals surface area contributed by atoms with Crippen LogP contribution in [-0.4, -0.2) is 59.2 Å². The number of halogens is 27. The molecular weight excluding hydrogens is 793 g/mol. The van der Waals surface area contributed by atoms with Gasteiger partial charge in [0.1, 0.15) is 0 Å². The van der Waals surface area contributed by atoms with Crippen LogP contribution in [0, 0.1) is 5.92 Å². The molecule has 0 fully saturated rings. The number of alkyl halides is 27. The van der Waals surface area contributed by atoms with Crippen molar-refractivity contribution in [2.45, 2.75) is 91.8 Å². The Kier molecular flexibility index (Phi) is 10.8. The highest BCUT2D eigenvalue weighted by molar-refractivity contribution is 5.49. The molecular formula is C22H11F27O. The zero-order valence-corrected chi connectivity index (χ0v) is 23.0. The summed E-state index contributed by atoms with van der Waals surface area (Å²) in [6.45, 7) is 0.361. The van der Waals surface area contributed by atoms with E-state index in [2.05, 4.69) is 0 Å². The lowest BCUT2D eigenvalue weighted by Crippen LogP contribution is -2.61. The predicted octanol–water partition coefficient (Wildman–Crippen LogP) is 11.2. The van der Waals surface area contributed by atoms with Crippen molar-refractivity contribution in [3.8, 4) is 0 Å². The standard InChI is InChI=1S/C22H11F27O/c1-5(2)10(50)9-7(12(25,26)15(31,32)18(37,38)21(44,45)46)3-6(11(23,24)14(29,30)17(35,36)20(41,42)43)4-8(9)13(27,28)16(33,34)19(39,40)22(47,48)49/h3-5,10,50H,1-2H3. The Balaban J connectivity index is 4.91. The van der Waals surface area contributed by atoms with Crippen LogP contribution in [-0.2, 0) is 17.8 Å². The molecule has 1 nitrogen and oxygen atoms in total. The van der Waals surface area contributed by atoms with E-state index in [-0.39, 0.29) is 13.8 Å². The quantitative estimate of drug-likeness (QED) is 0.221. The van der Waals surface area contributed by atoms with Gasteiger partial charge >= 0.3 is 71.8 Å². The first kappa shape index (κ1) is 45.3. The Morgan fingerprint density at radius 2 is 0.600 bits per heavy atom. The topological polar surface area (TPSA) is 20.2 Å². The van der Waals surface area contributed by atoms with E-state index >= 15 is 17.6 Å². The van der Waals surface area contributed by atoms with Gasteiger partial charge < -0.3 is 5.11 Å². The van der Waals surface area contributed by atoms with E-state index < -0.39 is 118 Å². The van der Waals surface area contributed by atoms with Gasteiger partial charge in [-0.25, -0.2) is 0 Å². The Labute approximate surface area is 257 Å². The van der Waals surface area contributed by atoms with Crippen LogP contribution in [0.5, 0.6) is 0 Å². The van der Waals surface area contributed by atoms with Crippen LogP contribution >= 0.6 is 0 Å². The van der Waals surface area contributed by atoms with Crippen LogP contribution in [0.4, 0.5) is 119 Å². The van der Waals surface area contributed by atoms with E-state index in [1.165, 1.54) is 0 Å². The van der Waals surface area contributed by atoms with Gasteiger partial charge in [-0.15, -0.1) is 0 Å². The van der Waals surface area contributed by atoms with Crippen LogP contribution < -0.4 is 0 Å². The van der Waals surface area contributed by atoms with Crippen molar-refractivity contribution in [3.63, 3.8) is 0 Å². The summed E-state index contributed by atoms with van der Waals surface area (Å²) in [4.78, 5) is 0. The Hall–Kier alpha value is -2.71. The molecule has 50 heavy (non-hydrogen) atoms. The second-order valence-electron chi connectivity index (χ2n) is 10.3. The van der Waals surface area contributed by atoms with Crippen molar-refractivity contribution in [3.05, 3.63) is 34.4 Å². The lowest BCUT2D eigenvalue weighted by molar-refractivity contribution is -0.402. The molecule has 0 saturated heterocycles. The molecule has 0 aliphatic heterocycles. The Bertz CT molecular complexity index is 1320. The molecule has 1 N–H and O–H groups in total. The van der Waals surface area contributed by atoms with Gasteiger partial charge in [0, 0.05) is 16.7 Å². The summed E-state index contributed by atoms with van der Waals surface area (Å²) in [6, 6.07) is -4.55. The first-order valence-electron chi connectivity index (χ1n) is 11.8. The summed E-state index contributed by atoms with van der Waals surface area (Å²) in [6.07, 6.45) is -27.9. The van der Waals surface area contributed by atoms with Gasteiger partial charge in [0.15, 0.2) is 0 Å². The second kappa shape index (κ2) is 11.9. The average molecular weight is 804 g/mol. The zero-order chi connectivity index (χ0) is 40.9. The van der Waals surface area contributed by atoms with Crippen molar-refractivity contribution in [1.82, 2.24) is 0 Å². The number of aliphatic hydroxyl groups excluding tert-OH is 1. The van der Waals surface area contributed by atoms with E-state index in [1.807, 2.05) is 0 Å². The van der Waals surface area contributed by atoms with Crippen molar-refractivity contribution in [1.29, 1.82) is 0 Å². The van der Waals surface area contributed by atoms with Crippen molar-refractivity contribution >= 4 is 0 Å². The highest BCUT2D eigenvalue weighted by Crippen LogP contribution is 2.63. The number of hydrogen-bond acceptors (Lipinski definition) is 1. The summed E-state index contributed by atoms with van der Waals surface area (Å²) in [5.74, 6) is -76.8. The lowest BCUT2D eigenvalue weighted by atomic mass is 9.79. The molecule has 0 saturated carbocycles. The fourth-order valence-corrected chi connectivity index (χ4v) is 3.65. The smallest absolute Gasteiger partial charge is 0.388 e. The fourth-order valence-electron chi connectivity index (χ4n) is 3.65. The van der Waals surface area contributed by atoms with Crippen LogP contribution in [0.25, 0.3) is 0 Å². The van der Waals surface area contributed by atoms with Gasteiger partial charge in [-0.2, -0.15) is 119 Å². The maximum atomic E-state index is 15.1. The molecule has 28 heteroatoms. The molecule has 1 atom stereocenters. The molecule has 294 valence electrons. The minimum absolute atomic E-state index is 0.181. The SMILES string of the molecule is CC(C)C(O)c1c(C(F)(F)C(F)(F)C(F)(F)C(F)(F)F)cc(C(F)(F)C(F)(F)C(F)(F)C(F)(F)F)cc1C(F)(F)C(F)(F)C(F)(F)C(F)(F)F. The summed E-state index contributed by atoms with van der Waals surface area (Å²) in [5, 5.41) is 10.1. The monoisotopic (exact) mass is 804 g/mol. The van der Waals surface area contributed by atoms with E-state index in [9.17, 15) is 106 Å². The van der Waals surface area contributed by atoms with Crippen LogP contribution in [0.2, 0.25) is 0 Å². The zero-order valence-electron chi connectivity index (χ0n) is 23.0. The molecule has 0 aliphatic carbocycles. The molecule has 0 amide bonds. The molecule has 1 aromatic carbocycles.